The first-order chi connectivity index (χ1) is 16.2. The molecular formula is C27H26N4O2. The first-order valence-electron chi connectivity index (χ1n) is 11.1. The maximum absolute atomic E-state index is 9.93. The fraction of sp³-hybridized carbons (Fsp3) is 0.185. The molecule has 166 valence electrons. The highest BCUT2D eigenvalue weighted by molar-refractivity contribution is 6.16. The average Bonchev–Trinajstić information content (AvgIpc) is 2.85. The molecule has 1 saturated heterocycles. The van der Waals surface area contributed by atoms with Crippen LogP contribution in [0.15, 0.2) is 78.0 Å². The van der Waals surface area contributed by atoms with E-state index in [9.17, 15) is 5.21 Å². The van der Waals surface area contributed by atoms with E-state index < -0.39 is 0 Å². The molecule has 0 radical (unpaired) electrons. The Balaban J connectivity index is 1.64. The summed E-state index contributed by atoms with van der Waals surface area (Å²) in [5.74, 6) is 0.535. The van der Waals surface area contributed by atoms with Crippen LogP contribution in [-0.4, -0.2) is 42.2 Å². The van der Waals surface area contributed by atoms with Crippen molar-refractivity contribution in [1.82, 2.24) is 4.98 Å². The zero-order valence-electron chi connectivity index (χ0n) is 18.5. The topological polar surface area (TPSA) is 84.0 Å². The van der Waals surface area contributed by atoms with Gasteiger partial charge in [0, 0.05) is 29.6 Å². The van der Waals surface area contributed by atoms with E-state index in [-0.39, 0.29) is 0 Å². The number of fused-ring (bicyclic) bond motifs is 1. The second kappa shape index (κ2) is 8.92. The molecule has 6 heteroatoms. The number of benzene rings is 3. The van der Waals surface area contributed by atoms with Crippen LogP contribution in [0.4, 0.5) is 11.5 Å². The molecule has 2 heterocycles. The summed E-state index contributed by atoms with van der Waals surface area (Å²) in [5, 5.41) is 14.6. The maximum Gasteiger partial charge on any atom is 0.147 e. The number of hydrogen-bond donors (Lipinski definition) is 2. The molecule has 0 aliphatic carbocycles. The van der Waals surface area contributed by atoms with Gasteiger partial charge in [-0.25, -0.2) is 4.98 Å². The van der Waals surface area contributed by atoms with Crippen LogP contribution in [0, 0.1) is 6.92 Å². The lowest BCUT2D eigenvalue weighted by molar-refractivity contribution is 0.123. The SMILES string of the molecule is Cc1cccc(C(=NO)c2ccccc2)c1-c1ccc2nc(N)c(N3CCOCC3)cc2c1. The zero-order chi connectivity index (χ0) is 22.8. The second-order valence-corrected chi connectivity index (χ2v) is 8.21. The second-order valence-electron chi connectivity index (χ2n) is 8.21. The van der Waals surface area contributed by atoms with E-state index >= 15 is 0 Å². The molecule has 0 bridgehead atoms. The molecule has 6 nitrogen and oxygen atoms in total. The van der Waals surface area contributed by atoms with Crippen molar-refractivity contribution in [2.24, 2.45) is 5.16 Å². The van der Waals surface area contributed by atoms with E-state index in [1.54, 1.807) is 0 Å². The molecule has 1 aromatic heterocycles. The van der Waals surface area contributed by atoms with E-state index in [1.165, 1.54) is 0 Å². The molecule has 0 unspecified atom stereocenters. The summed E-state index contributed by atoms with van der Waals surface area (Å²) in [6.45, 7) is 5.04. The van der Waals surface area contributed by atoms with E-state index in [0.29, 0.717) is 24.7 Å². The van der Waals surface area contributed by atoms with Crippen LogP contribution in [0.25, 0.3) is 22.0 Å². The Bertz CT molecular complexity index is 1330. The van der Waals surface area contributed by atoms with Gasteiger partial charge >= 0.3 is 0 Å². The third-order valence-electron chi connectivity index (χ3n) is 6.14. The van der Waals surface area contributed by atoms with Crippen molar-refractivity contribution < 1.29 is 9.94 Å². The lowest BCUT2D eigenvalue weighted by atomic mass is 9.89. The number of nitrogens with zero attached hydrogens (tertiary/aromatic N) is 3. The van der Waals surface area contributed by atoms with Crippen LogP contribution in [0.2, 0.25) is 0 Å². The molecule has 3 aromatic carbocycles. The molecule has 3 N–H and O–H groups in total. The molecule has 4 aromatic rings. The number of pyridine rings is 1. The predicted octanol–water partition coefficient (Wildman–Crippen LogP) is 4.86. The highest BCUT2D eigenvalue weighted by atomic mass is 16.5. The van der Waals surface area contributed by atoms with E-state index in [2.05, 4.69) is 46.2 Å². The molecule has 0 amide bonds. The third kappa shape index (κ3) is 4.01. The van der Waals surface area contributed by atoms with Crippen LogP contribution in [-0.2, 0) is 4.74 Å². The predicted molar refractivity (Wildman–Crippen MR) is 133 cm³/mol. The summed E-state index contributed by atoms with van der Waals surface area (Å²) in [6.07, 6.45) is 0. The number of rotatable bonds is 4. The van der Waals surface area contributed by atoms with Crippen LogP contribution in [0.5, 0.6) is 0 Å². The highest BCUT2D eigenvalue weighted by Crippen LogP contribution is 2.34. The lowest BCUT2D eigenvalue weighted by Gasteiger charge is -2.29. The van der Waals surface area contributed by atoms with Gasteiger partial charge in [0.15, 0.2) is 0 Å². The fourth-order valence-electron chi connectivity index (χ4n) is 4.50. The van der Waals surface area contributed by atoms with E-state index in [1.807, 2.05) is 48.5 Å². The highest BCUT2D eigenvalue weighted by Gasteiger charge is 2.18. The monoisotopic (exact) mass is 438 g/mol. The van der Waals surface area contributed by atoms with Crippen LogP contribution in [0.3, 0.4) is 0 Å². The minimum Gasteiger partial charge on any atom is -0.410 e. The largest absolute Gasteiger partial charge is 0.410 e. The van der Waals surface area contributed by atoms with Gasteiger partial charge in [-0.2, -0.15) is 0 Å². The van der Waals surface area contributed by atoms with Gasteiger partial charge in [-0.3, -0.25) is 0 Å². The van der Waals surface area contributed by atoms with Gasteiger partial charge in [0.05, 0.1) is 24.4 Å². The van der Waals surface area contributed by atoms with E-state index in [0.717, 1.165) is 57.5 Å². The van der Waals surface area contributed by atoms with Gasteiger partial charge in [0.2, 0.25) is 0 Å². The quantitative estimate of drug-likeness (QED) is 0.270. The van der Waals surface area contributed by atoms with Crippen LogP contribution >= 0.6 is 0 Å². The van der Waals surface area contributed by atoms with Crippen molar-refractivity contribution in [3.05, 3.63) is 89.5 Å². The van der Waals surface area contributed by atoms with Gasteiger partial charge in [-0.05, 0) is 41.8 Å². The fourth-order valence-corrected chi connectivity index (χ4v) is 4.50. The molecular weight excluding hydrogens is 412 g/mol. The Morgan fingerprint density at radius 1 is 1.00 bits per heavy atom. The van der Waals surface area contributed by atoms with Crippen molar-refractivity contribution >= 4 is 28.1 Å². The number of morpholine rings is 1. The minimum absolute atomic E-state index is 0.535. The molecule has 1 aliphatic rings. The van der Waals surface area contributed by atoms with E-state index in [4.69, 9.17) is 10.5 Å². The van der Waals surface area contributed by atoms with Gasteiger partial charge in [0.1, 0.15) is 11.5 Å². The number of hydrogen-bond acceptors (Lipinski definition) is 6. The average molecular weight is 439 g/mol. The molecule has 1 aliphatic heterocycles. The van der Waals surface area contributed by atoms with Gasteiger partial charge < -0.3 is 20.6 Å². The normalized spacial score (nSPS) is 14.6. The number of nitrogens with two attached hydrogens (primary N) is 1. The molecule has 33 heavy (non-hydrogen) atoms. The van der Waals surface area contributed by atoms with Crippen molar-refractivity contribution in [2.45, 2.75) is 6.92 Å². The number of anilines is 2. The summed E-state index contributed by atoms with van der Waals surface area (Å²) in [6, 6.07) is 24.1. The van der Waals surface area contributed by atoms with Crippen molar-refractivity contribution in [3.8, 4) is 11.1 Å². The summed E-state index contributed by atoms with van der Waals surface area (Å²) >= 11 is 0. The maximum atomic E-state index is 9.93. The zero-order valence-corrected chi connectivity index (χ0v) is 18.5. The van der Waals surface area contributed by atoms with Gasteiger partial charge in [-0.15, -0.1) is 0 Å². The summed E-state index contributed by atoms with van der Waals surface area (Å²) in [4.78, 5) is 6.89. The molecule has 1 fully saturated rings. The number of aryl methyl sites for hydroxylation is 1. The van der Waals surface area contributed by atoms with Gasteiger partial charge in [0.25, 0.3) is 0 Å². The number of aromatic nitrogens is 1. The summed E-state index contributed by atoms with van der Waals surface area (Å²) < 4.78 is 5.49. The number of ether oxygens (including phenoxy) is 1. The molecule has 0 spiro atoms. The Kier molecular flexibility index (Phi) is 5.67. The van der Waals surface area contributed by atoms with Crippen molar-refractivity contribution in [1.29, 1.82) is 0 Å². The summed E-state index contributed by atoms with van der Waals surface area (Å²) in [7, 11) is 0. The standard InChI is InChI=1S/C27H26N4O2/c1-18-6-5-9-22(26(30-32)19-7-3-2-4-8-19)25(18)20-10-11-23-21(16-20)17-24(27(28)29-23)31-12-14-33-15-13-31/h2-11,16-17,32H,12-15H2,1H3,(H2,28,29). The number of nitrogen functional groups attached to an aromatic ring is 1. The first-order valence-corrected chi connectivity index (χ1v) is 11.1. The Labute approximate surface area is 192 Å². The van der Waals surface area contributed by atoms with Crippen LogP contribution < -0.4 is 10.6 Å². The van der Waals surface area contributed by atoms with Crippen LogP contribution in [0.1, 0.15) is 16.7 Å². The molecule has 5 rings (SSSR count). The minimum atomic E-state index is 0.535. The Morgan fingerprint density at radius 2 is 1.79 bits per heavy atom. The number of oxime groups is 1. The molecule has 0 atom stereocenters. The summed E-state index contributed by atoms with van der Waals surface area (Å²) in [5.41, 5.74) is 13.5. The van der Waals surface area contributed by atoms with Crippen molar-refractivity contribution in [3.63, 3.8) is 0 Å². The Hall–Kier alpha value is -3.90. The third-order valence-corrected chi connectivity index (χ3v) is 6.14. The van der Waals surface area contributed by atoms with Gasteiger partial charge in [-0.1, -0.05) is 59.8 Å². The first kappa shape index (κ1) is 21.0. The smallest absolute Gasteiger partial charge is 0.147 e. The van der Waals surface area contributed by atoms with Crippen molar-refractivity contribution in [2.75, 3.05) is 36.9 Å². The Morgan fingerprint density at radius 3 is 2.55 bits per heavy atom. The lowest BCUT2D eigenvalue weighted by Crippen LogP contribution is -2.36. The molecule has 0 saturated carbocycles.